The summed E-state index contributed by atoms with van der Waals surface area (Å²) >= 11 is 1.67. The van der Waals surface area contributed by atoms with E-state index in [2.05, 4.69) is 16.5 Å². The first-order chi connectivity index (χ1) is 8.58. The van der Waals surface area contributed by atoms with E-state index in [1.54, 1.807) is 11.8 Å². The molecule has 0 saturated heterocycles. The molecular formula is C13H19N3OS. The summed E-state index contributed by atoms with van der Waals surface area (Å²) in [5.41, 5.74) is 8.49. The summed E-state index contributed by atoms with van der Waals surface area (Å²) in [6.07, 6.45) is 2.02. The fraction of sp³-hybridized carbons (Fsp3) is 0.462. The Morgan fingerprint density at radius 3 is 2.83 bits per heavy atom. The number of rotatable bonds is 4. The lowest BCUT2D eigenvalue weighted by molar-refractivity contribution is 0.271. The van der Waals surface area contributed by atoms with Crippen LogP contribution in [0.25, 0.3) is 11.0 Å². The molecule has 2 aromatic rings. The van der Waals surface area contributed by atoms with E-state index >= 15 is 0 Å². The van der Waals surface area contributed by atoms with Gasteiger partial charge in [0.25, 0.3) is 0 Å². The van der Waals surface area contributed by atoms with Gasteiger partial charge in [0.05, 0.1) is 17.6 Å². The first-order valence-corrected chi connectivity index (χ1v) is 7.25. The number of aromatic nitrogens is 2. The third-order valence-electron chi connectivity index (χ3n) is 3.32. The van der Waals surface area contributed by atoms with Gasteiger partial charge in [0, 0.05) is 17.0 Å². The number of anilines is 1. The number of aliphatic hydroxyl groups is 1. The highest BCUT2D eigenvalue weighted by Gasteiger charge is 2.20. The molecule has 18 heavy (non-hydrogen) atoms. The third-order valence-corrected chi connectivity index (χ3v) is 4.47. The first kappa shape index (κ1) is 13.2. The van der Waals surface area contributed by atoms with Gasteiger partial charge in [-0.25, -0.2) is 4.98 Å². The molecule has 0 fully saturated rings. The van der Waals surface area contributed by atoms with Crippen molar-refractivity contribution in [1.82, 2.24) is 9.55 Å². The number of thioether (sulfide) groups is 1. The minimum atomic E-state index is 0.163. The summed E-state index contributed by atoms with van der Waals surface area (Å²) in [6, 6.07) is 5.97. The van der Waals surface area contributed by atoms with Crippen molar-refractivity contribution in [2.45, 2.75) is 25.1 Å². The maximum absolute atomic E-state index is 9.43. The lowest BCUT2D eigenvalue weighted by Crippen LogP contribution is -2.23. The summed E-state index contributed by atoms with van der Waals surface area (Å²) in [6.45, 7) is 4.26. The minimum absolute atomic E-state index is 0.163. The number of nitrogen functional groups attached to an aromatic ring is 1. The highest BCUT2D eigenvalue weighted by Crippen LogP contribution is 2.28. The maximum Gasteiger partial charge on any atom is 0.107 e. The third kappa shape index (κ3) is 2.20. The smallest absolute Gasteiger partial charge is 0.107 e. The molecule has 0 amide bonds. The van der Waals surface area contributed by atoms with Crippen LogP contribution in [-0.4, -0.2) is 32.8 Å². The maximum atomic E-state index is 9.43. The molecule has 1 aromatic heterocycles. The van der Waals surface area contributed by atoms with Crippen molar-refractivity contribution in [2.24, 2.45) is 0 Å². The zero-order valence-corrected chi connectivity index (χ0v) is 11.7. The Labute approximate surface area is 111 Å². The van der Waals surface area contributed by atoms with Crippen LogP contribution < -0.4 is 5.73 Å². The molecule has 0 aliphatic carbocycles. The molecule has 0 spiro atoms. The average molecular weight is 265 g/mol. The van der Waals surface area contributed by atoms with E-state index in [9.17, 15) is 5.11 Å². The molecule has 1 heterocycles. The normalized spacial score (nSPS) is 14.9. The molecule has 5 heteroatoms. The van der Waals surface area contributed by atoms with E-state index in [4.69, 9.17) is 5.73 Å². The number of benzene rings is 1. The standard InChI is InChI=1S/C13H19N3OS/c1-8(13(7-17)18-3)16-9(2)15-11-6-10(14)4-5-12(11)16/h4-6,8,13,17H,7,14H2,1-3H3. The van der Waals surface area contributed by atoms with Gasteiger partial charge in [-0.05, 0) is 38.3 Å². The van der Waals surface area contributed by atoms with Crippen molar-refractivity contribution in [2.75, 3.05) is 18.6 Å². The van der Waals surface area contributed by atoms with Crippen LogP contribution in [0.2, 0.25) is 0 Å². The highest BCUT2D eigenvalue weighted by atomic mass is 32.2. The van der Waals surface area contributed by atoms with Gasteiger partial charge in [-0.1, -0.05) is 0 Å². The molecule has 1 aromatic carbocycles. The lowest BCUT2D eigenvalue weighted by atomic mass is 10.2. The Kier molecular flexibility index (Phi) is 3.82. The predicted molar refractivity (Wildman–Crippen MR) is 78.0 cm³/mol. The number of aliphatic hydroxyl groups excluding tert-OH is 1. The Hall–Kier alpha value is -1.20. The van der Waals surface area contributed by atoms with Crippen molar-refractivity contribution >= 4 is 28.5 Å². The Balaban J connectivity index is 2.53. The molecule has 0 saturated carbocycles. The van der Waals surface area contributed by atoms with Crippen LogP contribution in [0.1, 0.15) is 18.8 Å². The van der Waals surface area contributed by atoms with Crippen LogP contribution in [-0.2, 0) is 0 Å². The number of fused-ring (bicyclic) bond motifs is 1. The van der Waals surface area contributed by atoms with E-state index in [1.165, 1.54) is 0 Å². The van der Waals surface area contributed by atoms with E-state index in [-0.39, 0.29) is 17.9 Å². The summed E-state index contributed by atoms with van der Waals surface area (Å²) < 4.78 is 2.17. The number of aryl methyl sites for hydroxylation is 1. The topological polar surface area (TPSA) is 64.1 Å². The van der Waals surface area contributed by atoms with Crippen molar-refractivity contribution in [3.8, 4) is 0 Å². The van der Waals surface area contributed by atoms with Gasteiger partial charge in [-0.15, -0.1) is 0 Å². The zero-order chi connectivity index (χ0) is 13.3. The second-order valence-electron chi connectivity index (χ2n) is 4.47. The number of hydrogen-bond acceptors (Lipinski definition) is 4. The van der Waals surface area contributed by atoms with E-state index < -0.39 is 0 Å². The summed E-state index contributed by atoms with van der Waals surface area (Å²) in [5, 5.41) is 9.59. The summed E-state index contributed by atoms with van der Waals surface area (Å²) in [5.74, 6) is 0.954. The highest BCUT2D eigenvalue weighted by molar-refractivity contribution is 7.99. The van der Waals surface area contributed by atoms with Gasteiger partial charge in [0.1, 0.15) is 5.82 Å². The number of hydrogen-bond donors (Lipinski definition) is 2. The molecule has 2 unspecified atom stereocenters. The lowest BCUT2D eigenvalue weighted by Gasteiger charge is -2.23. The summed E-state index contributed by atoms with van der Waals surface area (Å²) in [7, 11) is 0. The van der Waals surface area contributed by atoms with E-state index in [0.29, 0.717) is 0 Å². The van der Waals surface area contributed by atoms with Crippen molar-refractivity contribution < 1.29 is 5.11 Å². The second kappa shape index (κ2) is 5.20. The SMILES string of the molecule is CSC(CO)C(C)n1c(C)nc2cc(N)ccc21. The van der Waals surface area contributed by atoms with Crippen LogP contribution >= 0.6 is 11.8 Å². The van der Waals surface area contributed by atoms with Gasteiger partial charge < -0.3 is 15.4 Å². The molecule has 4 nitrogen and oxygen atoms in total. The molecule has 2 atom stereocenters. The van der Waals surface area contributed by atoms with Crippen LogP contribution in [0.3, 0.4) is 0 Å². The Morgan fingerprint density at radius 1 is 1.50 bits per heavy atom. The number of nitrogens with zero attached hydrogens (tertiary/aromatic N) is 2. The average Bonchev–Trinajstić information content (AvgIpc) is 2.65. The van der Waals surface area contributed by atoms with Gasteiger partial charge in [-0.2, -0.15) is 11.8 Å². The van der Waals surface area contributed by atoms with Crippen LogP contribution in [0, 0.1) is 6.92 Å². The van der Waals surface area contributed by atoms with Gasteiger partial charge in [-0.3, -0.25) is 0 Å². The quantitative estimate of drug-likeness (QED) is 0.832. The zero-order valence-electron chi connectivity index (χ0n) is 10.9. The van der Waals surface area contributed by atoms with Gasteiger partial charge >= 0.3 is 0 Å². The molecule has 0 bridgehead atoms. The molecule has 0 radical (unpaired) electrons. The fourth-order valence-corrected chi connectivity index (χ4v) is 3.01. The number of imidazole rings is 1. The molecular weight excluding hydrogens is 246 g/mol. The monoisotopic (exact) mass is 265 g/mol. The van der Waals surface area contributed by atoms with Crippen LogP contribution in [0.5, 0.6) is 0 Å². The van der Waals surface area contributed by atoms with Crippen molar-refractivity contribution in [1.29, 1.82) is 0 Å². The molecule has 0 aliphatic heterocycles. The van der Waals surface area contributed by atoms with E-state index in [1.807, 2.05) is 31.4 Å². The minimum Gasteiger partial charge on any atom is -0.399 e. The van der Waals surface area contributed by atoms with Crippen LogP contribution in [0.15, 0.2) is 18.2 Å². The van der Waals surface area contributed by atoms with Crippen molar-refractivity contribution in [3.63, 3.8) is 0 Å². The second-order valence-corrected chi connectivity index (χ2v) is 5.55. The van der Waals surface area contributed by atoms with Gasteiger partial charge in [0.15, 0.2) is 0 Å². The van der Waals surface area contributed by atoms with Gasteiger partial charge in [0.2, 0.25) is 0 Å². The Morgan fingerprint density at radius 2 is 2.22 bits per heavy atom. The Bertz CT molecular complexity index is 548. The van der Waals surface area contributed by atoms with Crippen LogP contribution in [0.4, 0.5) is 5.69 Å². The van der Waals surface area contributed by atoms with Crippen molar-refractivity contribution in [3.05, 3.63) is 24.0 Å². The molecule has 0 aliphatic rings. The van der Waals surface area contributed by atoms with E-state index in [0.717, 1.165) is 22.5 Å². The molecule has 98 valence electrons. The molecule has 2 rings (SSSR count). The summed E-state index contributed by atoms with van der Waals surface area (Å²) in [4.78, 5) is 4.54. The first-order valence-electron chi connectivity index (χ1n) is 5.96. The fourth-order valence-electron chi connectivity index (χ4n) is 2.34. The predicted octanol–water partition coefficient (Wildman–Crippen LogP) is 2.21. The molecule has 3 N–H and O–H groups in total. The largest absolute Gasteiger partial charge is 0.399 e. The number of nitrogens with two attached hydrogens (primary N) is 1.